The van der Waals surface area contributed by atoms with Crippen molar-refractivity contribution in [2.24, 2.45) is 7.05 Å². The van der Waals surface area contributed by atoms with Crippen molar-refractivity contribution in [3.8, 4) is 5.75 Å². The number of aromatic amines is 1. The Morgan fingerprint density at radius 3 is 2.04 bits per heavy atom. The highest BCUT2D eigenvalue weighted by atomic mass is 19.1. The molecule has 0 bridgehead atoms. The van der Waals surface area contributed by atoms with E-state index in [0.29, 0.717) is 16.3 Å². The molecule has 2 aromatic heterocycles. The second kappa shape index (κ2) is 6.68. The van der Waals surface area contributed by atoms with Crippen LogP contribution in [0.25, 0.3) is 21.8 Å². The van der Waals surface area contributed by atoms with Crippen LogP contribution in [0.3, 0.4) is 0 Å². The molecule has 2 heterocycles. The van der Waals surface area contributed by atoms with Crippen molar-refractivity contribution in [1.82, 2.24) is 9.55 Å². The van der Waals surface area contributed by atoms with Gasteiger partial charge in [0.25, 0.3) is 0 Å². The van der Waals surface area contributed by atoms with E-state index in [4.69, 9.17) is 0 Å². The van der Waals surface area contributed by atoms with Crippen LogP contribution in [0.15, 0.2) is 24.5 Å². The summed E-state index contributed by atoms with van der Waals surface area (Å²) in [4.78, 5) is 2.57. The minimum atomic E-state index is -0.401. The third-order valence-corrected chi connectivity index (χ3v) is 5.08. The van der Waals surface area contributed by atoms with Crippen molar-refractivity contribution in [3.63, 3.8) is 0 Å². The van der Waals surface area contributed by atoms with Crippen LogP contribution in [0.4, 0.5) is 13.2 Å². The molecule has 27 heavy (non-hydrogen) atoms. The lowest BCUT2D eigenvalue weighted by Gasteiger charge is -2.04. The lowest BCUT2D eigenvalue weighted by molar-refractivity contribution is 0.479. The third kappa shape index (κ3) is 3.05. The number of hydrogen-bond donors (Lipinski definition) is 2. The highest BCUT2D eigenvalue weighted by Gasteiger charge is 2.14. The van der Waals surface area contributed by atoms with E-state index in [2.05, 4.69) is 4.98 Å². The van der Waals surface area contributed by atoms with Crippen molar-refractivity contribution in [1.29, 1.82) is 0 Å². The lowest BCUT2D eigenvalue weighted by Crippen LogP contribution is -1.91. The van der Waals surface area contributed by atoms with Gasteiger partial charge in [0.05, 0.1) is 11.0 Å². The lowest BCUT2D eigenvalue weighted by atomic mass is 10.1. The summed E-state index contributed by atoms with van der Waals surface area (Å²) in [6, 6.07) is 2.91. The quantitative estimate of drug-likeness (QED) is 0.407. The number of halogens is 3. The number of hydrogen-bond acceptors (Lipinski definition) is 1. The predicted octanol–water partition coefficient (Wildman–Crippen LogP) is 5.70. The van der Waals surface area contributed by atoms with Crippen LogP contribution in [0.5, 0.6) is 5.75 Å². The minimum absolute atomic E-state index is 0.141. The number of rotatable bonds is 0. The Morgan fingerprint density at radius 1 is 0.852 bits per heavy atom. The van der Waals surface area contributed by atoms with Gasteiger partial charge in [-0.1, -0.05) is 0 Å². The van der Waals surface area contributed by atoms with E-state index >= 15 is 0 Å². The molecule has 6 heteroatoms. The first-order valence-corrected chi connectivity index (χ1v) is 8.49. The Kier molecular flexibility index (Phi) is 4.68. The Morgan fingerprint density at radius 2 is 1.41 bits per heavy atom. The molecule has 142 valence electrons. The van der Waals surface area contributed by atoms with Crippen molar-refractivity contribution >= 4 is 21.8 Å². The average molecular weight is 374 g/mol. The molecule has 0 fully saturated rings. The normalized spacial score (nSPS) is 11.1. The first kappa shape index (κ1) is 18.9. The van der Waals surface area contributed by atoms with Crippen LogP contribution in [0, 0.1) is 45.1 Å². The number of fused-ring (bicyclic) bond motifs is 2. The van der Waals surface area contributed by atoms with E-state index in [1.807, 2.05) is 13.8 Å². The summed E-state index contributed by atoms with van der Waals surface area (Å²) in [5.74, 6) is -0.939. The fourth-order valence-corrected chi connectivity index (χ4v) is 3.35. The molecule has 0 spiro atoms. The van der Waals surface area contributed by atoms with Crippen LogP contribution in [0.2, 0.25) is 0 Å². The van der Waals surface area contributed by atoms with Crippen LogP contribution >= 0.6 is 0 Å². The van der Waals surface area contributed by atoms with Gasteiger partial charge in [-0.05, 0) is 62.1 Å². The average Bonchev–Trinajstić information content (AvgIpc) is 3.12. The first-order valence-electron chi connectivity index (χ1n) is 8.49. The van der Waals surface area contributed by atoms with Crippen LogP contribution in [-0.4, -0.2) is 14.7 Å². The summed E-state index contributed by atoms with van der Waals surface area (Å²) in [7, 11) is 1.72. The van der Waals surface area contributed by atoms with Gasteiger partial charge in [0.15, 0.2) is 0 Å². The molecule has 4 rings (SSSR count). The Balaban J connectivity index is 0.000000156. The maximum Gasteiger partial charge on any atom is 0.148 e. The van der Waals surface area contributed by atoms with Crippen LogP contribution in [0.1, 0.15) is 22.3 Å². The highest BCUT2D eigenvalue weighted by Crippen LogP contribution is 2.32. The fraction of sp³-hybridized carbons (Fsp3) is 0.238. The van der Waals surface area contributed by atoms with Gasteiger partial charge in [0.1, 0.15) is 23.2 Å². The SMILES string of the molecule is Cc1cc(F)c2[nH]cc(F)c2c1C.Cc1cc(F)c2c(c(O)cn2C)c1C. The molecule has 2 aromatic carbocycles. The van der Waals surface area contributed by atoms with E-state index in [1.54, 1.807) is 25.5 Å². The largest absolute Gasteiger partial charge is 0.506 e. The van der Waals surface area contributed by atoms with Gasteiger partial charge in [-0.2, -0.15) is 0 Å². The molecule has 3 nitrogen and oxygen atoms in total. The summed E-state index contributed by atoms with van der Waals surface area (Å²) in [6.45, 7) is 7.28. The molecule has 0 unspecified atom stereocenters. The van der Waals surface area contributed by atoms with Gasteiger partial charge < -0.3 is 14.7 Å². The smallest absolute Gasteiger partial charge is 0.148 e. The zero-order valence-corrected chi connectivity index (χ0v) is 15.8. The van der Waals surface area contributed by atoms with Crippen molar-refractivity contribution in [2.45, 2.75) is 27.7 Å². The number of H-pyrrole nitrogens is 1. The minimum Gasteiger partial charge on any atom is -0.506 e. The van der Waals surface area contributed by atoms with Crippen molar-refractivity contribution in [3.05, 3.63) is 64.2 Å². The molecule has 0 atom stereocenters. The van der Waals surface area contributed by atoms with Crippen molar-refractivity contribution in [2.75, 3.05) is 0 Å². The van der Waals surface area contributed by atoms with E-state index < -0.39 is 11.6 Å². The number of aromatic hydroxyl groups is 1. The molecule has 0 aliphatic rings. The van der Waals surface area contributed by atoms with Crippen LogP contribution < -0.4 is 0 Å². The number of benzene rings is 2. The molecule has 4 aromatic rings. The number of aryl methyl sites for hydroxylation is 5. The maximum absolute atomic E-state index is 13.6. The molecule has 0 saturated carbocycles. The summed E-state index contributed by atoms with van der Waals surface area (Å²) >= 11 is 0. The highest BCUT2D eigenvalue weighted by molar-refractivity contribution is 5.91. The fourth-order valence-electron chi connectivity index (χ4n) is 3.35. The molecule has 2 N–H and O–H groups in total. The summed E-state index contributed by atoms with van der Waals surface area (Å²) in [6.07, 6.45) is 2.71. The van der Waals surface area contributed by atoms with Gasteiger partial charge in [-0.15, -0.1) is 0 Å². The molecule has 0 radical (unpaired) electrons. The number of aromatic nitrogens is 2. The van der Waals surface area contributed by atoms with Gasteiger partial charge in [-0.3, -0.25) is 0 Å². The maximum atomic E-state index is 13.6. The standard InChI is InChI=1S/C11H12FNO.C10H9F2N/c1-6-4-8(12)11-10(7(6)2)9(14)5-13(11)3;1-5-3-7(11)10-9(6(5)2)8(12)4-13-10/h4-5,14H,1-3H3;3-4,13H,1-2H3. The monoisotopic (exact) mass is 374 g/mol. The zero-order chi connectivity index (χ0) is 20.0. The topological polar surface area (TPSA) is 40.9 Å². The second-order valence-corrected chi connectivity index (χ2v) is 6.84. The summed E-state index contributed by atoms with van der Waals surface area (Å²) in [5.41, 5.74) is 4.06. The third-order valence-electron chi connectivity index (χ3n) is 5.08. The van der Waals surface area contributed by atoms with E-state index in [1.165, 1.54) is 24.5 Å². The van der Waals surface area contributed by atoms with E-state index in [0.717, 1.165) is 22.3 Å². The predicted molar refractivity (Wildman–Crippen MR) is 102 cm³/mol. The molecular weight excluding hydrogens is 353 g/mol. The number of nitrogens with one attached hydrogen (secondary N) is 1. The summed E-state index contributed by atoms with van der Waals surface area (Å²) in [5, 5.41) is 10.6. The van der Waals surface area contributed by atoms with Gasteiger partial charge in [0, 0.05) is 30.2 Å². The molecular formula is C21H21F3N2O. The van der Waals surface area contributed by atoms with Gasteiger partial charge in [0.2, 0.25) is 0 Å². The van der Waals surface area contributed by atoms with E-state index in [-0.39, 0.29) is 17.1 Å². The molecule has 0 saturated heterocycles. The van der Waals surface area contributed by atoms with Gasteiger partial charge >= 0.3 is 0 Å². The first-order chi connectivity index (χ1) is 12.6. The summed E-state index contributed by atoms with van der Waals surface area (Å²) < 4.78 is 41.6. The molecule has 0 amide bonds. The van der Waals surface area contributed by atoms with Crippen LogP contribution in [-0.2, 0) is 7.05 Å². The molecule has 0 aliphatic heterocycles. The molecule has 0 aliphatic carbocycles. The number of nitrogens with zero attached hydrogens (tertiary/aromatic N) is 1. The zero-order valence-electron chi connectivity index (χ0n) is 15.8. The van der Waals surface area contributed by atoms with Crippen molar-refractivity contribution < 1.29 is 18.3 Å². The second-order valence-electron chi connectivity index (χ2n) is 6.84. The van der Waals surface area contributed by atoms with E-state index in [9.17, 15) is 18.3 Å². The Bertz CT molecular complexity index is 1170. The Labute approximate surface area is 155 Å². The van der Waals surface area contributed by atoms with Gasteiger partial charge in [-0.25, -0.2) is 13.2 Å². The Hall–Kier alpha value is -2.89.